The average Bonchev–Trinajstić information content (AvgIpc) is 2.65. The van der Waals surface area contributed by atoms with Crippen LogP contribution in [0.2, 0.25) is 0 Å². The van der Waals surface area contributed by atoms with Crippen LogP contribution in [0.15, 0.2) is 42.5 Å². The maximum Gasteiger partial charge on any atom is 0.271 e. The number of nitro groups is 1. The van der Waals surface area contributed by atoms with E-state index in [1.54, 1.807) is 26.1 Å². The van der Waals surface area contributed by atoms with E-state index in [1.165, 1.54) is 24.1 Å². The lowest BCUT2D eigenvalue weighted by Crippen LogP contribution is -2.41. The Hall–Kier alpha value is -3.14. The average molecular weight is 421 g/mol. The number of non-ortho nitro benzene ring substituents is 1. The predicted molar refractivity (Wildman–Crippen MR) is 109 cm³/mol. The van der Waals surface area contributed by atoms with Gasteiger partial charge in [0.1, 0.15) is 12.3 Å². The summed E-state index contributed by atoms with van der Waals surface area (Å²) in [7, 11) is -0.783. The zero-order valence-electron chi connectivity index (χ0n) is 16.7. The van der Waals surface area contributed by atoms with Gasteiger partial charge in [0, 0.05) is 31.3 Å². The molecule has 2 rings (SSSR count). The number of sulfonamides is 1. The first kappa shape index (κ1) is 22.2. The van der Waals surface area contributed by atoms with Gasteiger partial charge in [-0.1, -0.05) is 24.3 Å². The van der Waals surface area contributed by atoms with Crippen molar-refractivity contribution < 1.29 is 22.9 Å². The molecule has 1 amide bonds. The summed E-state index contributed by atoms with van der Waals surface area (Å²) in [4.78, 5) is 24.6. The molecule has 2 aromatic carbocycles. The molecule has 0 atom stereocenters. The van der Waals surface area contributed by atoms with Crippen molar-refractivity contribution in [2.75, 3.05) is 31.3 Å². The molecule has 0 heterocycles. The minimum atomic E-state index is -3.86. The summed E-state index contributed by atoms with van der Waals surface area (Å²) >= 11 is 0. The molecule has 0 unspecified atom stereocenters. The van der Waals surface area contributed by atoms with Gasteiger partial charge in [-0.05, 0) is 18.6 Å². The van der Waals surface area contributed by atoms with Gasteiger partial charge in [-0.15, -0.1) is 0 Å². The number of rotatable bonds is 8. The van der Waals surface area contributed by atoms with E-state index in [-0.39, 0.29) is 17.9 Å². The number of aryl methyl sites for hydroxylation is 1. The minimum Gasteiger partial charge on any atom is -0.496 e. The third-order valence-corrected chi connectivity index (χ3v) is 5.50. The van der Waals surface area contributed by atoms with E-state index in [2.05, 4.69) is 0 Å². The molecule has 0 aliphatic carbocycles. The van der Waals surface area contributed by atoms with E-state index in [9.17, 15) is 23.3 Å². The van der Waals surface area contributed by atoms with E-state index >= 15 is 0 Å². The van der Waals surface area contributed by atoms with Crippen molar-refractivity contribution in [1.29, 1.82) is 0 Å². The molecule has 0 fully saturated rings. The molecule has 156 valence electrons. The molecule has 0 aliphatic rings. The van der Waals surface area contributed by atoms with Gasteiger partial charge in [-0.25, -0.2) is 8.42 Å². The molecule has 0 radical (unpaired) electrons. The van der Waals surface area contributed by atoms with E-state index in [0.29, 0.717) is 11.3 Å². The lowest BCUT2D eigenvalue weighted by Gasteiger charge is -2.26. The third kappa shape index (κ3) is 5.44. The quantitative estimate of drug-likeness (QED) is 0.478. The van der Waals surface area contributed by atoms with Gasteiger partial charge in [0.2, 0.25) is 15.9 Å². The van der Waals surface area contributed by atoms with Crippen LogP contribution in [0, 0.1) is 17.0 Å². The van der Waals surface area contributed by atoms with Crippen LogP contribution in [-0.4, -0.2) is 51.1 Å². The van der Waals surface area contributed by atoms with Gasteiger partial charge < -0.3 is 9.64 Å². The van der Waals surface area contributed by atoms with E-state index in [0.717, 1.165) is 22.2 Å². The Balaban J connectivity index is 2.30. The standard InChI is InChI=1S/C19H23N3O6S/c1-14-9-10-16(22(24)25)11-17(14)21(29(4,26)27)13-19(23)20(2)12-15-7-5-6-8-18(15)28-3/h5-11H,12-13H2,1-4H3. The number of anilines is 1. The number of amides is 1. The molecule has 0 saturated heterocycles. The van der Waals surface area contributed by atoms with Gasteiger partial charge in [-0.2, -0.15) is 0 Å². The Morgan fingerprint density at radius 3 is 2.45 bits per heavy atom. The highest BCUT2D eigenvalue weighted by Crippen LogP contribution is 2.27. The second-order valence-electron chi connectivity index (χ2n) is 6.56. The second-order valence-corrected chi connectivity index (χ2v) is 8.47. The second kappa shape index (κ2) is 8.91. The Morgan fingerprint density at radius 1 is 1.21 bits per heavy atom. The number of para-hydroxylation sites is 1. The number of carbonyl (C=O) groups is 1. The number of nitro benzene ring substituents is 1. The van der Waals surface area contributed by atoms with E-state index in [1.807, 2.05) is 12.1 Å². The Labute approximate surface area is 169 Å². The van der Waals surface area contributed by atoms with Crippen molar-refractivity contribution in [3.63, 3.8) is 0 Å². The lowest BCUT2D eigenvalue weighted by molar-refractivity contribution is -0.384. The number of ether oxygens (including phenoxy) is 1. The Bertz CT molecular complexity index is 1020. The molecule has 9 nitrogen and oxygen atoms in total. The predicted octanol–water partition coefficient (Wildman–Crippen LogP) is 2.34. The maximum atomic E-state index is 12.8. The summed E-state index contributed by atoms with van der Waals surface area (Å²) in [6.45, 7) is 1.36. The summed E-state index contributed by atoms with van der Waals surface area (Å²) in [5.74, 6) is 0.147. The van der Waals surface area contributed by atoms with Gasteiger partial charge in [-0.3, -0.25) is 19.2 Å². The molecule has 0 spiro atoms. The topological polar surface area (TPSA) is 110 Å². The van der Waals surface area contributed by atoms with Crippen molar-refractivity contribution in [3.05, 3.63) is 63.7 Å². The third-order valence-electron chi connectivity index (χ3n) is 4.38. The molecule has 29 heavy (non-hydrogen) atoms. The zero-order valence-corrected chi connectivity index (χ0v) is 17.5. The van der Waals surface area contributed by atoms with E-state index in [4.69, 9.17) is 4.74 Å². The van der Waals surface area contributed by atoms with Gasteiger partial charge >= 0.3 is 0 Å². The lowest BCUT2D eigenvalue weighted by atomic mass is 10.1. The largest absolute Gasteiger partial charge is 0.496 e. The number of methoxy groups -OCH3 is 1. The molecular formula is C19H23N3O6S. The highest BCUT2D eigenvalue weighted by molar-refractivity contribution is 7.92. The van der Waals surface area contributed by atoms with E-state index < -0.39 is 27.4 Å². The van der Waals surface area contributed by atoms with Crippen molar-refractivity contribution >= 4 is 27.3 Å². The van der Waals surface area contributed by atoms with Gasteiger partial charge in [0.25, 0.3) is 5.69 Å². The van der Waals surface area contributed by atoms with Crippen molar-refractivity contribution in [2.45, 2.75) is 13.5 Å². The molecule has 0 bridgehead atoms. The van der Waals surface area contributed by atoms with Crippen LogP contribution in [0.3, 0.4) is 0 Å². The highest BCUT2D eigenvalue weighted by atomic mass is 32.2. The fraction of sp³-hybridized carbons (Fsp3) is 0.316. The summed E-state index contributed by atoms with van der Waals surface area (Å²) in [5, 5.41) is 11.1. The number of benzene rings is 2. The van der Waals surface area contributed by atoms with Gasteiger partial charge in [0.05, 0.1) is 24.0 Å². The highest BCUT2D eigenvalue weighted by Gasteiger charge is 2.26. The number of carbonyl (C=O) groups excluding carboxylic acids is 1. The monoisotopic (exact) mass is 421 g/mol. The smallest absolute Gasteiger partial charge is 0.271 e. The van der Waals surface area contributed by atoms with Crippen LogP contribution in [0.25, 0.3) is 0 Å². The Kier molecular flexibility index (Phi) is 6.80. The number of hydrogen-bond acceptors (Lipinski definition) is 6. The zero-order chi connectivity index (χ0) is 21.8. The normalized spacial score (nSPS) is 11.0. The SMILES string of the molecule is COc1ccccc1CN(C)C(=O)CN(c1cc([N+](=O)[O-])ccc1C)S(C)(=O)=O. The summed E-state index contributed by atoms with van der Waals surface area (Å²) in [6.07, 6.45) is 0.957. The van der Waals surface area contributed by atoms with Crippen molar-refractivity contribution in [1.82, 2.24) is 4.90 Å². The molecule has 0 saturated carbocycles. The summed E-state index contributed by atoms with van der Waals surface area (Å²) < 4.78 is 30.9. The van der Waals surface area contributed by atoms with Crippen molar-refractivity contribution in [2.24, 2.45) is 0 Å². The molecule has 10 heteroatoms. The van der Waals surface area contributed by atoms with Crippen LogP contribution >= 0.6 is 0 Å². The molecule has 0 aliphatic heterocycles. The van der Waals surface area contributed by atoms with Crippen LogP contribution < -0.4 is 9.04 Å². The molecule has 2 aromatic rings. The first-order valence-electron chi connectivity index (χ1n) is 8.63. The van der Waals surface area contributed by atoms with Crippen LogP contribution in [-0.2, 0) is 21.4 Å². The molecule has 0 N–H and O–H groups in total. The maximum absolute atomic E-state index is 12.8. The van der Waals surface area contributed by atoms with Gasteiger partial charge in [0.15, 0.2) is 0 Å². The fourth-order valence-corrected chi connectivity index (χ4v) is 3.68. The number of hydrogen-bond donors (Lipinski definition) is 0. The Morgan fingerprint density at radius 2 is 1.86 bits per heavy atom. The summed E-state index contributed by atoms with van der Waals surface area (Å²) in [5.41, 5.74) is 1.11. The van der Waals surface area contributed by atoms with Crippen molar-refractivity contribution in [3.8, 4) is 5.75 Å². The number of nitrogens with zero attached hydrogens (tertiary/aromatic N) is 3. The first-order valence-corrected chi connectivity index (χ1v) is 10.5. The number of likely N-dealkylation sites (N-methyl/N-ethyl adjacent to an activating group) is 1. The summed E-state index contributed by atoms with van der Waals surface area (Å²) in [6, 6.07) is 11.1. The van der Waals surface area contributed by atoms with Crippen LogP contribution in [0.5, 0.6) is 5.75 Å². The van der Waals surface area contributed by atoms with Crippen LogP contribution in [0.1, 0.15) is 11.1 Å². The van der Waals surface area contributed by atoms with Crippen LogP contribution in [0.4, 0.5) is 11.4 Å². The fourth-order valence-electron chi connectivity index (χ4n) is 2.78. The molecular weight excluding hydrogens is 398 g/mol. The first-order chi connectivity index (χ1) is 13.5. The minimum absolute atomic E-state index is 0.0979. The molecule has 0 aromatic heterocycles.